The zero-order valence-corrected chi connectivity index (χ0v) is 23.9. The topological polar surface area (TPSA) is 190 Å². The second-order valence-electron chi connectivity index (χ2n) is 10.5. The monoisotopic (exact) mass is 618 g/mol. The van der Waals surface area contributed by atoms with Gasteiger partial charge in [-0.05, 0) is 81.9 Å². The van der Waals surface area contributed by atoms with E-state index >= 15 is 0 Å². The van der Waals surface area contributed by atoms with E-state index in [4.69, 9.17) is 0 Å². The van der Waals surface area contributed by atoms with Gasteiger partial charge in [0.05, 0.1) is 22.3 Å². The third-order valence-corrected chi connectivity index (χ3v) is 7.92. The van der Waals surface area contributed by atoms with Crippen molar-refractivity contribution in [1.82, 2.24) is 0 Å². The molecule has 0 unspecified atom stereocenters. The lowest BCUT2D eigenvalue weighted by Crippen LogP contribution is -2.31. The van der Waals surface area contributed by atoms with Crippen molar-refractivity contribution in [3.63, 3.8) is 0 Å². The van der Waals surface area contributed by atoms with Gasteiger partial charge in [-0.25, -0.2) is 19.2 Å². The van der Waals surface area contributed by atoms with Crippen LogP contribution in [-0.4, -0.2) is 54.5 Å². The molecule has 0 spiro atoms. The number of carboxylic acid groups (broad SMARTS) is 4. The van der Waals surface area contributed by atoms with Crippen molar-refractivity contribution >= 4 is 23.9 Å². The van der Waals surface area contributed by atoms with Crippen LogP contribution in [0.25, 0.3) is 0 Å². The Labute approximate surface area is 261 Å². The first-order valence-corrected chi connectivity index (χ1v) is 13.8. The average molecular weight is 619 g/mol. The van der Waals surface area contributed by atoms with E-state index in [1.165, 1.54) is 97.1 Å². The number of aliphatic hydroxyl groups is 2. The fourth-order valence-corrected chi connectivity index (χ4v) is 5.37. The SMILES string of the molecule is O=C(O)c1ccc(C(O)(c2ccc(C(=O)O)cc2)c2ccc(C(O)(c3ccc(C(=O)O)cc3)c3ccc(C(=O)O)cc3)cc2)cc1. The molecule has 10 heteroatoms. The number of hydrogen-bond donors (Lipinski definition) is 6. The standard InChI is InChI=1S/C36H26O10/c37-31(38)21-1-9-25(10-2-21)35(45,26-11-3-22(4-12-26)32(39)40)29-17-19-30(20-18-29)36(46,27-13-5-23(6-14-27)33(41)42)28-15-7-24(8-16-28)34(43)44/h1-20,45-46H,(H,37,38)(H,39,40)(H,41,42)(H,43,44). The fourth-order valence-electron chi connectivity index (χ4n) is 5.37. The maximum Gasteiger partial charge on any atom is 0.335 e. The zero-order chi connectivity index (χ0) is 33.2. The summed E-state index contributed by atoms with van der Waals surface area (Å²) in [5.41, 5.74) is -2.05. The minimum atomic E-state index is -1.89. The van der Waals surface area contributed by atoms with E-state index in [0.29, 0.717) is 11.1 Å². The quantitative estimate of drug-likeness (QED) is 0.116. The van der Waals surface area contributed by atoms with E-state index in [1.54, 1.807) is 24.3 Å². The number of carboxylic acids is 4. The van der Waals surface area contributed by atoms with Gasteiger partial charge in [-0.15, -0.1) is 0 Å². The molecule has 0 aliphatic carbocycles. The van der Waals surface area contributed by atoms with Gasteiger partial charge in [0.1, 0.15) is 11.2 Å². The number of benzene rings is 5. The van der Waals surface area contributed by atoms with E-state index in [9.17, 15) is 49.8 Å². The number of rotatable bonds is 10. The van der Waals surface area contributed by atoms with Crippen molar-refractivity contribution in [3.05, 3.63) is 177 Å². The third kappa shape index (κ3) is 5.61. The van der Waals surface area contributed by atoms with Crippen LogP contribution in [0.1, 0.15) is 74.8 Å². The Morgan fingerprint density at radius 2 is 0.435 bits per heavy atom. The van der Waals surface area contributed by atoms with Crippen molar-refractivity contribution in [1.29, 1.82) is 0 Å². The molecule has 0 fully saturated rings. The van der Waals surface area contributed by atoms with Crippen LogP contribution >= 0.6 is 0 Å². The molecule has 46 heavy (non-hydrogen) atoms. The Hall–Kier alpha value is -6.10. The van der Waals surface area contributed by atoms with Crippen LogP contribution in [-0.2, 0) is 11.2 Å². The first-order chi connectivity index (χ1) is 21.8. The highest BCUT2D eigenvalue weighted by molar-refractivity contribution is 5.89. The number of carbonyl (C=O) groups is 4. The van der Waals surface area contributed by atoms with Gasteiger partial charge in [0.25, 0.3) is 0 Å². The molecule has 0 atom stereocenters. The summed E-state index contributed by atoms with van der Waals surface area (Å²) in [6.07, 6.45) is 0. The molecule has 0 saturated heterocycles. The number of aromatic carboxylic acids is 4. The molecule has 0 saturated carbocycles. The normalized spacial score (nSPS) is 11.5. The van der Waals surface area contributed by atoms with Crippen LogP contribution in [0.5, 0.6) is 0 Å². The van der Waals surface area contributed by atoms with Crippen molar-refractivity contribution < 1.29 is 49.8 Å². The van der Waals surface area contributed by atoms with Gasteiger partial charge in [0, 0.05) is 0 Å². The minimum absolute atomic E-state index is 0.00410. The smallest absolute Gasteiger partial charge is 0.335 e. The predicted molar refractivity (Wildman–Crippen MR) is 164 cm³/mol. The largest absolute Gasteiger partial charge is 0.478 e. The van der Waals surface area contributed by atoms with E-state index in [1.807, 2.05) is 0 Å². The highest BCUT2D eigenvalue weighted by Gasteiger charge is 2.37. The lowest BCUT2D eigenvalue weighted by atomic mass is 9.76. The van der Waals surface area contributed by atoms with Crippen LogP contribution < -0.4 is 0 Å². The summed E-state index contributed by atoms with van der Waals surface area (Å²) < 4.78 is 0. The first kappa shape index (κ1) is 31.3. The van der Waals surface area contributed by atoms with Gasteiger partial charge < -0.3 is 30.6 Å². The van der Waals surface area contributed by atoms with Crippen LogP contribution in [0.3, 0.4) is 0 Å². The minimum Gasteiger partial charge on any atom is -0.478 e. The molecule has 6 N–H and O–H groups in total. The van der Waals surface area contributed by atoms with Crippen LogP contribution in [0.4, 0.5) is 0 Å². The molecular formula is C36H26O10. The molecule has 0 amide bonds. The van der Waals surface area contributed by atoms with E-state index in [2.05, 4.69) is 0 Å². The Morgan fingerprint density at radius 3 is 0.565 bits per heavy atom. The summed E-state index contributed by atoms with van der Waals surface area (Å²) >= 11 is 0. The van der Waals surface area contributed by atoms with Gasteiger partial charge in [-0.1, -0.05) is 72.8 Å². The molecule has 5 aromatic carbocycles. The Kier molecular flexibility index (Phi) is 8.25. The molecule has 0 heterocycles. The zero-order valence-electron chi connectivity index (χ0n) is 23.9. The van der Waals surface area contributed by atoms with Gasteiger partial charge >= 0.3 is 23.9 Å². The highest BCUT2D eigenvalue weighted by atomic mass is 16.4. The Morgan fingerprint density at radius 1 is 0.304 bits per heavy atom. The molecule has 0 aliphatic rings. The molecule has 0 aromatic heterocycles. The van der Waals surface area contributed by atoms with Crippen molar-refractivity contribution in [3.8, 4) is 0 Å². The van der Waals surface area contributed by atoms with Crippen molar-refractivity contribution in [2.24, 2.45) is 0 Å². The number of hydrogen-bond acceptors (Lipinski definition) is 6. The first-order valence-electron chi connectivity index (χ1n) is 13.8. The van der Waals surface area contributed by atoms with Gasteiger partial charge in [0.15, 0.2) is 0 Å². The predicted octanol–water partition coefficient (Wildman–Crippen LogP) is 5.05. The van der Waals surface area contributed by atoms with Crippen LogP contribution in [0.2, 0.25) is 0 Å². The van der Waals surface area contributed by atoms with E-state index in [-0.39, 0.29) is 44.5 Å². The van der Waals surface area contributed by atoms with Crippen molar-refractivity contribution in [2.75, 3.05) is 0 Å². The average Bonchev–Trinajstić information content (AvgIpc) is 3.07. The molecule has 0 bridgehead atoms. The molecular weight excluding hydrogens is 592 g/mol. The molecule has 230 valence electrons. The molecule has 0 aliphatic heterocycles. The maximum absolute atomic E-state index is 12.3. The second-order valence-corrected chi connectivity index (χ2v) is 10.5. The molecule has 0 radical (unpaired) electrons. The van der Waals surface area contributed by atoms with Gasteiger partial charge in [-0.3, -0.25) is 0 Å². The van der Waals surface area contributed by atoms with E-state index < -0.39 is 35.1 Å². The van der Waals surface area contributed by atoms with Crippen LogP contribution in [0, 0.1) is 0 Å². The van der Waals surface area contributed by atoms with Gasteiger partial charge in [-0.2, -0.15) is 0 Å². The third-order valence-electron chi connectivity index (χ3n) is 7.92. The molecule has 10 nitrogen and oxygen atoms in total. The summed E-state index contributed by atoms with van der Waals surface area (Å²) in [6.45, 7) is 0. The van der Waals surface area contributed by atoms with E-state index in [0.717, 1.165) is 0 Å². The van der Waals surface area contributed by atoms with Crippen molar-refractivity contribution in [2.45, 2.75) is 11.2 Å². The summed E-state index contributed by atoms with van der Waals surface area (Å²) in [5.74, 6) is -4.62. The second kappa shape index (κ2) is 12.1. The molecule has 5 aromatic rings. The Balaban J connectivity index is 1.66. The lowest BCUT2D eigenvalue weighted by molar-refractivity contribution is 0.0685. The highest BCUT2D eigenvalue weighted by Crippen LogP contribution is 2.41. The summed E-state index contributed by atoms with van der Waals surface area (Å²) in [4.78, 5) is 45.9. The summed E-state index contributed by atoms with van der Waals surface area (Å²) in [5, 5.41) is 62.1. The maximum atomic E-state index is 12.3. The summed E-state index contributed by atoms with van der Waals surface area (Å²) in [6, 6.07) is 28.5. The van der Waals surface area contributed by atoms with Gasteiger partial charge in [0.2, 0.25) is 0 Å². The molecule has 5 rings (SSSR count). The fraction of sp³-hybridized carbons (Fsp3) is 0.0556. The van der Waals surface area contributed by atoms with Crippen LogP contribution in [0.15, 0.2) is 121 Å². The summed E-state index contributed by atoms with van der Waals surface area (Å²) in [7, 11) is 0. The Bertz CT molecular complexity index is 1670. The lowest BCUT2D eigenvalue weighted by Gasteiger charge is -2.33.